The van der Waals surface area contributed by atoms with Crippen molar-refractivity contribution in [1.29, 1.82) is 0 Å². The Hall–Kier alpha value is -2.48. The summed E-state index contributed by atoms with van der Waals surface area (Å²) in [6.45, 7) is 1.77. The van der Waals surface area contributed by atoms with E-state index in [1.54, 1.807) is 19.1 Å². The van der Waals surface area contributed by atoms with Gasteiger partial charge in [-0.2, -0.15) is 0 Å². The van der Waals surface area contributed by atoms with E-state index < -0.39 is 12.0 Å². The first kappa shape index (κ1) is 17.9. The average molecular weight is 352 g/mol. The first-order valence-corrected chi connectivity index (χ1v) is 7.54. The SMILES string of the molecule is COC(=O)C1=C(C)NC(=S)N[C@H]1c1cc(OC)c(OC)c(OC)c1. The van der Waals surface area contributed by atoms with Crippen LogP contribution in [0, 0.1) is 0 Å². The lowest BCUT2D eigenvalue weighted by atomic mass is 9.95. The van der Waals surface area contributed by atoms with E-state index in [1.807, 2.05) is 0 Å². The van der Waals surface area contributed by atoms with Gasteiger partial charge in [-0.1, -0.05) is 0 Å². The summed E-state index contributed by atoms with van der Waals surface area (Å²) in [6.07, 6.45) is 0. The van der Waals surface area contributed by atoms with Crippen LogP contribution in [0.3, 0.4) is 0 Å². The summed E-state index contributed by atoms with van der Waals surface area (Å²) >= 11 is 5.21. The Morgan fingerprint density at radius 1 is 1.08 bits per heavy atom. The van der Waals surface area contributed by atoms with Crippen molar-refractivity contribution in [3.63, 3.8) is 0 Å². The smallest absolute Gasteiger partial charge is 0.337 e. The number of methoxy groups -OCH3 is 4. The molecule has 0 unspecified atom stereocenters. The minimum absolute atomic E-state index is 0.416. The van der Waals surface area contributed by atoms with Gasteiger partial charge in [-0.05, 0) is 36.8 Å². The van der Waals surface area contributed by atoms with E-state index in [1.165, 1.54) is 28.4 Å². The van der Waals surface area contributed by atoms with Gasteiger partial charge in [-0.25, -0.2) is 4.79 Å². The van der Waals surface area contributed by atoms with Gasteiger partial charge in [0.05, 0.1) is 40.1 Å². The van der Waals surface area contributed by atoms with Gasteiger partial charge in [-0.15, -0.1) is 0 Å². The van der Waals surface area contributed by atoms with Crippen LogP contribution in [0.4, 0.5) is 0 Å². The Labute approximate surface area is 145 Å². The highest BCUT2D eigenvalue weighted by Gasteiger charge is 2.32. The summed E-state index contributed by atoms with van der Waals surface area (Å²) in [5, 5.41) is 6.43. The zero-order chi connectivity index (χ0) is 17.9. The molecule has 0 fully saturated rings. The Morgan fingerprint density at radius 3 is 2.12 bits per heavy atom. The first-order valence-electron chi connectivity index (χ1n) is 7.13. The molecule has 0 saturated heterocycles. The lowest BCUT2D eigenvalue weighted by Crippen LogP contribution is -2.45. The van der Waals surface area contributed by atoms with Gasteiger partial charge < -0.3 is 29.6 Å². The van der Waals surface area contributed by atoms with Crippen molar-refractivity contribution in [2.24, 2.45) is 0 Å². The lowest BCUT2D eigenvalue weighted by molar-refractivity contribution is -0.136. The lowest BCUT2D eigenvalue weighted by Gasteiger charge is -2.30. The number of ether oxygens (including phenoxy) is 4. The first-order chi connectivity index (χ1) is 11.5. The Bertz CT molecular complexity index is 677. The van der Waals surface area contributed by atoms with E-state index in [0.29, 0.717) is 33.6 Å². The number of hydrogen-bond acceptors (Lipinski definition) is 6. The molecule has 1 heterocycles. The fraction of sp³-hybridized carbons (Fsp3) is 0.375. The van der Waals surface area contributed by atoms with E-state index in [9.17, 15) is 4.79 Å². The molecule has 24 heavy (non-hydrogen) atoms. The molecule has 8 heteroatoms. The molecule has 7 nitrogen and oxygen atoms in total. The molecule has 0 spiro atoms. The third-order valence-electron chi connectivity index (χ3n) is 3.69. The number of carbonyl (C=O) groups excluding carboxylic acids is 1. The monoisotopic (exact) mass is 352 g/mol. The van der Waals surface area contributed by atoms with Gasteiger partial charge in [0.1, 0.15) is 0 Å². The molecule has 1 aromatic carbocycles. The molecule has 0 aliphatic carbocycles. The second kappa shape index (κ2) is 7.39. The predicted molar refractivity (Wildman–Crippen MR) is 92.4 cm³/mol. The maximum atomic E-state index is 12.2. The molecule has 0 saturated carbocycles. The van der Waals surface area contributed by atoms with Crippen LogP contribution in [0.25, 0.3) is 0 Å². The third kappa shape index (κ3) is 3.23. The topological polar surface area (TPSA) is 78.1 Å². The average Bonchev–Trinajstić information content (AvgIpc) is 2.58. The van der Waals surface area contributed by atoms with Gasteiger partial charge in [-0.3, -0.25) is 0 Å². The summed E-state index contributed by atoms with van der Waals surface area (Å²) < 4.78 is 21.0. The maximum absolute atomic E-state index is 12.2. The van der Waals surface area contributed by atoms with E-state index in [4.69, 9.17) is 31.2 Å². The van der Waals surface area contributed by atoms with E-state index in [2.05, 4.69) is 10.6 Å². The van der Waals surface area contributed by atoms with Crippen molar-refractivity contribution >= 4 is 23.3 Å². The number of carbonyl (C=O) groups is 1. The zero-order valence-corrected chi connectivity index (χ0v) is 15.0. The normalized spacial score (nSPS) is 16.9. The number of benzene rings is 1. The van der Waals surface area contributed by atoms with Crippen molar-refractivity contribution in [1.82, 2.24) is 10.6 Å². The Kier molecular flexibility index (Phi) is 5.50. The number of hydrogen-bond donors (Lipinski definition) is 2. The molecule has 1 aliphatic rings. The number of rotatable bonds is 5. The van der Waals surface area contributed by atoms with Gasteiger partial charge in [0.2, 0.25) is 5.75 Å². The Balaban J connectivity index is 2.61. The standard InChI is InChI=1S/C16H20N2O5S/c1-8-12(15(19)23-5)13(18-16(24)17-8)9-6-10(20-2)14(22-4)11(7-9)21-3/h6-7,13H,1-5H3,(H2,17,18,24)/t13-/m0/s1. The molecule has 0 radical (unpaired) electrons. The highest BCUT2D eigenvalue weighted by molar-refractivity contribution is 7.80. The highest BCUT2D eigenvalue weighted by Crippen LogP contribution is 2.41. The maximum Gasteiger partial charge on any atom is 0.337 e. The second-order valence-corrected chi connectivity index (χ2v) is 5.43. The molecular weight excluding hydrogens is 332 g/mol. The molecular formula is C16H20N2O5S. The third-order valence-corrected chi connectivity index (χ3v) is 3.91. The van der Waals surface area contributed by atoms with E-state index in [-0.39, 0.29) is 0 Å². The molecule has 1 aromatic rings. The minimum atomic E-state index is -0.500. The molecule has 1 aliphatic heterocycles. The molecule has 0 amide bonds. The summed E-state index contributed by atoms with van der Waals surface area (Å²) in [4.78, 5) is 12.2. The van der Waals surface area contributed by atoms with Crippen molar-refractivity contribution in [2.75, 3.05) is 28.4 Å². The van der Waals surface area contributed by atoms with Crippen LogP contribution in [-0.4, -0.2) is 39.5 Å². The van der Waals surface area contributed by atoms with E-state index in [0.717, 1.165) is 5.56 Å². The van der Waals surface area contributed by atoms with Crippen LogP contribution in [0.1, 0.15) is 18.5 Å². The molecule has 0 bridgehead atoms. The van der Waals surface area contributed by atoms with Gasteiger partial charge >= 0.3 is 5.97 Å². The summed E-state index contributed by atoms with van der Waals surface area (Å²) in [6, 6.07) is 3.03. The molecule has 0 aromatic heterocycles. The van der Waals surface area contributed by atoms with Crippen LogP contribution >= 0.6 is 12.2 Å². The fourth-order valence-electron chi connectivity index (χ4n) is 2.59. The largest absolute Gasteiger partial charge is 0.493 e. The van der Waals surface area contributed by atoms with Crippen molar-refractivity contribution in [2.45, 2.75) is 13.0 Å². The number of allylic oxidation sites excluding steroid dienone is 1. The van der Waals surface area contributed by atoms with E-state index >= 15 is 0 Å². The summed E-state index contributed by atoms with van der Waals surface area (Å²) in [5.74, 6) is 0.995. The van der Waals surface area contributed by atoms with Crippen molar-refractivity contribution < 1.29 is 23.7 Å². The van der Waals surface area contributed by atoms with Crippen molar-refractivity contribution in [3.8, 4) is 17.2 Å². The molecule has 2 rings (SSSR count). The van der Waals surface area contributed by atoms with Crippen LogP contribution < -0.4 is 24.8 Å². The van der Waals surface area contributed by atoms with Crippen LogP contribution in [-0.2, 0) is 9.53 Å². The van der Waals surface area contributed by atoms with Crippen LogP contribution in [0.5, 0.6) is 17.2 Å². The van der Waals surface area contributed by atoms with Gasteiger partial charge in [0, 0.05) is 5.70 Å². The minimum Gasteiger partial charge on any atom is -0.493 e. The zero-order valence-electron chi connectivity index (χ0n) is 14.2. The fourth-order valence-corrected chi connectivity index (χ4v) is 2.86. The number of nitrogens with one attached hydrogen (secondary N) is 2. The van der Waals surface area contributed by atoms with Gasteiger partial charge in [0.15, 0.2) is 16.6 Å². The molecule has 130 valence electrons. The molecule has 2 N–H and O–H groups in total. The van der Waals surface area contributed by atoms with Gasteiger partial charge in [0.25, 0.3) is 0 Å². The van der Waals surface area contributed by atoms with Crippen molar-refractivity contribution in [3.05, 3.63) is 29.0 Å². The van der Waals surface area contributed by atoms with Crippen LogP contribution in [0.15, 0.2) is 23.4 Å². The predicted octanol–water partition coefficient (Wildman–Crippen LogP) is 1.68. The molecule has 1 atom stereocenters. The summed E-state index contributed by atoms with van der Waals surface area (Å²) in [5.41, 5.74) is 1.79. The highest BCUT2D eigenvalue weighted by atomic mass is 32.1. The number of thiocarbonyl (C=S) groups is 1. The summed E-state index contributed by atoms with van der Waals surface area (Å²) in [7, 11) is 5.93. The Morgan fingerprint density at radius 2 is 1.67 bits per heavy atom. The number of esters is 1. The second-order valence-electron chi connectivity index (χ2n) is 5.02. The van der Waals surface area contributed by atoms with Crippen LogP contribution in [0.2, 0.25) is 0 Å². The quantitative estimate of drug-likeness (QED) is 0.612.